The van der Waals surface area contributed by atoms with Crippen LogP contribution in [-0.4, -0.2) is 6.54 Å². The Kier molecular flexibility index (Phi) is 6.34. The Labute approximate surface area is 140 Å². The molecule has 21 heavy (non-hydrogen) atoms. The Morgan fingerprint density at radius 1 is 1.14 bits per heavy atom. The van der Waals surface area contributed by atoms with Crippen LogP contribution in [0.4, 0.5) is 0 Å². The third kappa shape index (κ3) is 4.87. The lowest BCUT2D eigenvalue weighted by Crippen LogP contribution is -2.19. The Balaban J connectivity index is 2.11. The monoisotopic (exact) mass is 363 g/mol. The summed E-state index contributed by atoms with van der Waals surface area (Å²) in [5.41, 5.74) is 2.62. The van der Waals surface area contributed by atoms with Crippen LogP contribution in [0.2, 0.25) is 0 Å². The van der Waals surface area contributed by atoms with Gasteiger partial charge in [0.25, 0.3) is 0 Å². The van der Waals surface area contributed by atoms with E-state index < -0.39 is 0 Å². The van der Waals surface area contributed by atoms with E-state index >= 15 is 0 Å². The van der Waals surface area contributed by atoms with Crippen molar-refractivity contribution in [2.24, 2.45) is 0 Å². The second-order valence-corrected chi connectivity index (χ2v) is 7.28. The van der Waals surface area contributed by atoms with Gasteiger partial charge in [0.15, 0.2) is 0 Å². The molecule has 0 aliphatic rings. The summed E-state index contributed by atoms with van der Waals surface area (Å²) in [4.78, 5) is 2.55. The van der Waals surface area contributed by atoms with Gasteiger partial charge >= 0.3 is 0 Å². The van der Waals surface area contributed by atoms with Gasteiger partial charge in [-0.25, -0.2) is 0 Å². The minimum Gasteiger partial charge on any atom is -0.310 e. The molecule has 0 bridgehead atoms. The molecule has 0 fully saturated rings. The highest BCUT2D eigenvalue weighted by Crippen LogP contribution is 2.33. The Morgan fingerprint density at radius 2 is 1.90 bits per heavy atom. The lowest BCUT2D eigenvalue weighted by Gasteiger charge is -2.16. The van der Waals surface area contributed by atoms with Gasteiger partial charge in [-0.1, -0.05) is 58.4 Å². The number of benzene rings is 2. The predicted octanol–water partition coefficient (Wildman–Crippen LogP) is 5.97. The van der Waals surface area contributed by atoms with Crippen molar-refractivity contribution in [1.82, 2.24) is 5.32 Å². The Morgan fingerprint density at radius 3 is 2.57 bits per heavy atom. The average Bonchev–Trinajstić information content (AvgIpc) is 2.45. The van der Waals surface area contributed by atoms with E-state index in [0.29, 0.717) is 6.04 Å². The van der Waals surface area contributed by atoms with Crippen molar-refractivity contribution in [3.8, 4) is 0 Å². The molecule has 0 aromatic heterocycles. The molecule has 1 nitrogen and oxygen atoms in total. The molecule has 0 saturated carbocycles. The molecular formula is C18H22BrNS. The second-order valence-electron chi connectivity index (χ2n) is 5.28. The molecule has 3 heteroatoms. The zero-order chi connectivity index (χ0) is 15.2. The maximum Gasteiger partial charge on any atom is 0.0302 e. The summed E-state index contributed by atoms with van der Waals surface area (Å²) in [5.74, 6) is 0. The van der Waals surface area contributed by atoms with Crippen LogP contribution in [0.15, 0.2) is 56.7 Å². The number of halogens is 1. The van der Waals surface area contributed by atoms with Gasteiger partial charge in [0, 0.05) is 20.3 Å². The first-order valence-electron chi connectivity index (χ1n) is 7.37. The fraction of sp³-hybridized carbons (Fsp3) is 0.333. The lowest BCUT2D eigenvalue weighted by molar-refractivity contribution is 0.568. The van der Waals surface area contributed by atoms with Crippen LogP contribution in [0.25, 0.3) is 0 Å². The van der Waals surface area contributed by atoms with E-state index in [1.165, 1.54) is 25.4 Å². The molecule has 0 saturated heterocycles. The van der Waals surface area contributed by atoms with Gasteiger partial charge < -0.3 is 5.32 Å². The minimum atomic E-state index is 0.373. The maximum absolute atomic E-state index is 3.71. The topological polar surface area (TPSA) is 12.0 Å². The van der Waals surface area contributed by atoms with Crippen LogP contribution >= 0.6 is 27.7 Å². The van der Waals surface area contributed by atoms with Gasteiger partial charge in [0.1, 0.15) is 0 Å². The normalized spacial score (nSPS) is 12.4. The molecule has 112 valence electrons. The fourth-order valence-corrected chi connectivity index (χ4v) is 4.06. The summed E-state index contributed by atoms with van der Waals surface area (Å²) in [5, 5.41) is 3.53. The molecule has 2 rings (SSSR count). The van der Waals surface area contributed by atoms with Crippen LogP contribution in [0.5, 0.6) is 0 Å². The van der Waals surface area contributed by atoms with Crippen LogP contribution in [-0.2, 0) is 0 Å². The van der Waals surface area contributed by atoms with Crippen molar-refractivity contribution in [3.05, 3.63) is 58.1 Å². The van der Waals surface area contributed by atoms with Gasteiger partial charge in [-0.05, 0) is 56.6 Å². The summed E-state index contributed by atoms with van der Waals surface area (Å²) in [6.07, 6.45) is 1.16. The summed E-state index contributed by atoms with van der Waals surface area (Å²) in [7, 11) is 0. The lowest BCUT2D eigenvalue weighted by atomic mass is 10.1. The van der Waals surface area contributed by atoms with Crippen molar-refractivity contribution in [3.63, 3.8) is 0 Å². The molecular weight excluding hydrogens is 342 g/mol. The molecule has 0 aliphatic carbocycles. The molecule has 0 amide bonds. The first kappa shape index (κ1) is 16.6. The van der Waals surface area contributed by atoms with E-state index in [1.807, 2.05) is 0 Å². The molecule has 0 radical (unpaired) electrons. The number of hydrogen-bond acceptors (Lipinski definition) is 2. The third-order valence-corrected chi connectivity index (χ3v) is 5.03. The Bertz CT molecular complexity index is 598. The maximum atomic E-state index is 3.71. The number of nitrogens with one attached hydrogen (secondary N) is 1. The summed E-state index contributed by atoms with van der Waals surface area (Å²) in [6, 6.07) is 15.6. The Hall–Kier alpha value is -0.770. The van der Waals surface area contributed by atoms with E-state index in [-0.39, 0.29) is 0 Å². The van der Waals surface area contributed by atoms with Crippen LogP contribution in [0.1, 0.15) is 37.4 Å². The van der Waals surface area contributed by atoms with Gasteiger partial charge in [-0.2, -0.15) is 0 Å². The van der Waals surface area contributed by atoms with E-state index in [4.69, 9.17) is 0 Å². The molecule has 1 atom stereocenters. The second kappa shape index (κ2) is 8.02. The highest BCUT2D eigenvalue weighted by Gasteiger charge is 2.09. The van der Waals surface area contributed by atoms with Crippen molar-refractivity contribution in [2.75, 3.05) is 6.54 Å². The SMILES string of the molecule is CCCNC(C)c1ccc(Sc2cccc(C)c2)cc1Br. The smallest absolute Gasteiger partial charge is 0.0302 e. The van der Waals surface area contributed by atoms with E-state index in [2.05, 4.69) is 84.5 Å². The van der Waals surface area contributed by atoms with E-state index in [9.17, 15) is 0 Å². The van der Waals surface area contributed by atoms with Gasteiger partial charge in [0.05, 0.1) is 0 Å². The van der Waals surface area contributed by atoms with Crippen LogP contribution < -0.4 is 5.32 Å². The molecule has 1 N–H and O–H groups in total. The summed E-state index contributed by atoms with van der Waals surface area (Å²) < 4.78 is 1.18. The number of hydrogen-bond donors (Lipinski definition) is 1. The third-order valence-electron chi connectivity index (χ3n) is 3.36. The van der Waals surface area contributed by atoms with Gasteiger partial charge in [-0.15, -0.1) is 0 Å². The fourth-order valence-electron chi connectivity index (χ4n) is 2.21. The highest BCUT2D eigenvalue weighted by molar-refractivity contribution is 9.10. The van der Waals surface area contributed by atoms with Crippen molar-refractivity contribution < 1.29 is 0 Å². The standard InChI is InChI=1S/C18H22BrNS/c1-4-10-20-14(3)17-9-8-16(12-18(17)19)21-15-7-5-6-13(2)11-15/h5-9,11-12,14,20H,4,10H2,1-3H3. The van der Waals surface area contributed by atoms with Crippen molar-refractivity contribution in [1.29, 1.82) is 0 Å². The zero-order valence-electron chi connectivity index (χ0n) is 12.8. The molecule has 1 unspecified atom stereocenters. The molecule has 0 aliphatic heterocycles. The molecule has 2 aromatic carbocycles. The van der Waals surface area contributed by atoms with Crippen molar-refractivity contribution >= 4 is 27.7 Å². The largest absolute Gasteiger partial charge is 0.310 e. The quantitative estimate of drug-likeness (QED) is 0.678. The molecule has 0 spiro atoms. The van der Waals surface area contributed by atoms with Crippen LogP contribution in [0.3, 0.4) is 0 Å². The summed E-state index contributed by atoms with van der Waals surface area (Å²) in [6.45, 7) is 7.58. The molecule has 0 heterocycles. The van der Waals surface area contributed by atoms with E-state index in [0.717, 1.165) is 13.0 Å². The summed E-state index contributed by atoms with van der Waals surface area (Å²) >= 11 is 5.52. The van der Waals surface area contributed by atoms with Crippen molar-refractivity contribution in [2.45, 2.75) is 43.0 Å². The number of aryl methyl sites for hydroxylation is 1. The first-order valence-corrected chi connectivity index (χ1v) is 8.98. The zero-order valence-corrected chi connectivity index (χ0v) is 15.2. The van der Waals surface area contributed by atoms with Crippen LogP contribution in [0, 0.1) is 6.92 Å². The molecule has 2 aromatic rings. The predicted molar refractivity (Wildman–Crippen MR) is 96.2 cm³/mol. The van der Waals surface area contributed by atoms with Gasteiger partial charge in [0.2, 0.25) is 0 Å². The van der Waals surface area contributed by atoms with Gasteiger partial charge in [-0.3, -0.25) is 0 Å². The number of rotatable bonds is 6. The van der Waals surface area contributed by atoms with E-state index in [1.54, 1.807) is 11.8 Å². The highest BCUT2D eigenvalue weighted by atomic mass is 79.9. The first-order chi connectivity index (χ1) is 10.1. The minimum absolute atomic E-state index is 0.373. The average molecular weight is 364 g/mol.